The maximum Gasteiger partial charge on any atom is 0.216 e. The standard InChI is InChI=1S/C8H17NO2/c1-6(2)11-7(3)5-9-8(4)10/h6-7H,5H2,1-4H3,(H,9,10). The van der Waals surface area contributed by atoms with Crippen LogP contribution in [0, 0.1) is 0 Å². The molecule has 0 aromatic carbocycles. The van der Waals surface area contributed by atoms with Crippen molar-refractivity contribution < 1.29 is 9.53 Å². The van der Waals surface area contributed by atoms with Crippen molar-refractivity contribution >= 4 is 5.91 Å². The molecule has 0 aliphatic heterocycles. The predicted molar refractivity (Wildman–Crippen MR) is 44.4 cm³/mol. The molecule has 3 heteroatoms. The SMILES string of the molecule is CC(=O)NCC(C)OC(C)C. The smallest absolute Gasteiger partial charge is 0.216 e. The number of carbonyl (C=O) groups is 1. The molecular formula is C8H17NO2. The molecule has 11 heavy (non-hydrogen) atoms. The zero-order valence-electron chi connectivity index (χ0n) is 7.68. The van der Waals surface area contributed by atoms with Crippen LogP contribution in [0.25, 0.3) is 0 Å². The van der Waals surface area contributed by atoms with Crippen LogP contribution in [-0.2, 0) is 9.53 Å². The van der Waals surface area contributed by atoms with Crippen LogP contribution in [0.4, 0.5) is 0 Å². The average Bonchev–Trinajstić information content (AvgIpc) is 1.82. The Labute approximate surface area is 68.1 Å². The summed E-state index contributed by atoms with van der Waals surface area (Å²) in [4.78, 5) is 10.5. The Bertz CT molecular complexity index is 123. The highest BCUT2D eigenvalue weighted by atomic mass is 16.5. The molecule has 66 valence electrons. The molecule has 0 aliphatic carbocycles. The van der Waals surface area contributed by atoms with Gasteiger partial charge < -0.3 is 10.1 Å². The van der Waals surface area contributed by atoms with Crippen LogP contribution in [-0.4, -0.2) is 24.7 Å². The molecule has 0 saturated heterocycles. The second kappa shape index (κ2) is 5.13. The third-order valence-electron chi connectivity index (χ3n) is 1.14. The van der Waals surface area contributed by atoms with E-state index in [0.29, 0.717) is 6.54 Å². The van der Waals surface area contributed by atoms with Crippen LogP contribution >= 0.6 is 0 Å². The number of hydrogen-bond acceptors (Lipinski definition) is 2. The van der Waals surface area contributed by atoms with Crippen LogP contribution in [0.3, 0.4) is 0 Å². The molecule has 0 radical (unpaired) electrons. The topological polar surface area (TPSA) is 38.3 Å². The van der Waals surface area contributed by atoms with Gasteiger partial charge in [-0.15, -0.1) is 0 Å². The second-order valence-electron chi connectivity index (χ2n) is 2.93. The van der Waals surface area contributed by atoms with Crippen LogP contribution in [0.5, 0.6) is 0 Å². The van der Waals surface area contributed by atoms with Crippen LogP contribution in [0.1, 0.15) is 27.7 Å². The van der Waals surface area contributed by atoms with E-state index in [-0.39, 0.29) is 18.1 Å². The lowest BCUT2D eigenvalue weighted by atomic mass is 10.3. The summed E-state index contributed by atoms with van der Waals surface area (Å²) < 4.78 is 5.39. The van der Waals surface area contributed by atoms with Gasteiger partial charge >= 0.3 is 0 Å². The zero-order chi connectivity index (χ0) is 8.85. The molecule has 1 N–H and O–H groups in total. The minimum atomic E-state index is -0.00999. The van der Waals surface area contributed by atoms with Crippen LogP contribution in [0.15, 0.2) is 0 Å². The van der Waals surface area contributed by atoms with Crippen molar-refractivity contribution in [1.82, 2.24) is 5.32 Å². The van der Waals surface area contributed by atoms with Gasteiger partial charge in [0, 0.05) is 13.5 Å². The van der Waals surface area contributed by atoms with Crippen molar-refractivity contribution in [3.05, 3.63) is 0 Å². The lowest BCUT2D eigenvalue weighted by Crippen LogP contribution is -2.31. The lowest BCUT2D eigenvalue weighted by Gasteiger charge is -2.15. The summed E-state index contributed by atoms with van der Waals surface area (Å²) >= 11 is 0. The number of amides is 1. The third-order valence-corrected chi connectivity index (χ3v) is 1.14. The zero-order valence-corrected chi connectivity index (χ0v) is 7.68. The Kier molecular flexibility index (Phi) is 4.86. The van der Waals surface area contributed by atoms with E-state index in [2.05, 4.69) is 5.32 Å². The predicted octanol–water partition coefficient (Wildman–Crippen LogP) is 0.936. The molecule has 0 rings (SSSR count). The van der Waals surface area contributed by atoms with Crippen molar-refractivity contribution in [3.63, 3.8) is 0 Å². The number of hydrogen-bond donors (Lipinski definition) is 1. The Morgan fingerprint density at radius 1 is 1.45 bits per heavy atom. The minimum absolute atomic E-state index is 0.00999. The van der Waals surface area contributed by atoms with Gasteiger partial charge in [-0.3, -0.25) is 4.79 Å². The Morgan fingerprint density at radius 3 is 2.36 bits per heavy atom. The van der Waals surface area contributed by atoms with Crippen molar-refractivity contribution in [2.75, 3.05) is 6.54 Å². The summed E-state index contributed by atoms with van der Waals surface area (Å²) in [6.45, 7) is 7.99. The normalized spacial score (nSPS) is 13.2. The molecule has 0 saturated carbocycles. The summed E-state index contributed by atoms with van der Waals surface area (Å²) in [5.41, 5.74) is 0. The number of nitrogens with one attached hydrogen (secondary N) is 1. The maximum absolute atomic E-state index is 10.5. The fourth-order valence-corrected chi connectivity index (χ4v) is 0.800. The van der Waals surface area contributed by atoms with Gasteiger partial charge in [0.05, 0.1) is 12.2 Å². The highest BCUT2D eigenvalue weighted by molar-refractivity contribution is 5.72. The minimum Gasteiger partial charge on any atom is -0.374 e. The average molecular weight is 159 g/mol. The molecule has 1 amide bonds. The molecule has 0 fully saturated rings. The molecule has 0 spiro atoms. The molecule has 0 aromatic rings. The molecule has 0 aliphatic rings. The van der Waals surface area contributed by atoms with Gasteiger partial charge in [0.25, 0.3) is 0 Å². The first-order chi connectivity index (χ1) is 5.02. The fraction of sp³-hybridized carbons (Fsp3) is 0.875. The van der Waals surface area contributed by atoms with Crippen LogP contribution in [0.2, 0.25) is 0 Å². The van der Waals surface area contributed by atoms with Gasteiger partial charge in [-0.2, -0.15) is 0 Å². The van der Waals surface area contributed by atoms with E-state index >= 15 is 0 Å². The quantitative estimate of drug-likeness (QED) is 0.663. The molecule has 1 unspecified atom stereocenters. The molecule has 1 atom stereocenters. The number of carbonyl (C=O) groups excluding carboxylic acids is 1. The summed E-state index contributed by atoms with van der Waals surface area (Å²) in [5.74, 6) is -0.00999. The first-order valence-corrected chi connectivity index (χ1v) is 3.92. The number of ether oxygens (including phenoxy) is 1. The highest BCUT2D eigenvalue weighted by Crippen LogP contribution is 1.94. The van der Waals surface area contributed by atoms with Gasteiger partial charge in [-0.05, 0) is 20.8 Å². The maximum atomic E-state index is 10.5. The highest BCUT2D eigenvalue weighted by Gasteiger charge is 2.04. The fourth-order valence-electron chi connectivity index (χ4n) is 0.800. The summed E-state index contributed by atoms with van der Waals surface area (Å²) in [6, 6.07) is 0. The van der Waals surface area contributed by atoms with E-state index in [1.807, 2.05) is 20.8 Å². The van der Waals surface area contributed by atoms with E-state index in [9.17, 15) is 4.79 Å². The first-order valence-electron chi connectivity index (χ1n) is 3.92. The van der Waals surface area contributed by atoms with Crippen molar-refractivity contribution in [2.45, 2.75) is 39.9 Å². The molecule has 0 heterocycles. The number of rotatable bonds is 4. The van der Waals surface area contributed by atoms with E-state index in [0.717, 1.165) is 0 Å². The van der Waals surface area contributed by atoms with Gasteiger partial charge in [-0.1, -0.05) is 0 Å². The van der Waals surface area contributed by atoms with E-state index < -0.39 is 0 Å². The Balaban J connectivity index is 3.37. The van der Waals surface area contributed by atoms with E-state index in [1.54, 1.807) is 0 Å². The molecule has 0 aromatic heterocycles. The molecule has 0 bridgehead atoms. The lowest BCUT2D eigenvalue weighted by molar-refractivity contribution is -0.119. The summed E-state index contributed by atoms with van der Waals surface area (Å²) in [6.07, 6.45) is 0.317. The largest absolute Gasteiger partial charge is 0.374 e. The Hall–Kier alpha value is -0.570. The third kappa shape index (κ3) is 7.33. The van der Waals surface area contributed by atoms with Gasteiger partial charge in [0.1, 0.15) is 0 Å². The van der Waals surface area contributed by atoms with Gasteiger partial charge in [-0.25, -0.2) is 0 Å². The van der Waals surface area contributed by atoms with E-state index in [4.69, 9.17) is 4.74 Å². The summed E-state index contributed by atoms with van der Waals surface area (Å²) in [5, 5.41) is 2.69. The van der Waals surface area contributed by atoms with Gasteiger partial charge in [0.2, 0.25) is 5.91 Å². The van der Waals surface area contributed by atoms with E-state index in [1.165, 1.54) is 6.92 Å². The second-order valence-corrected chi connectivity index (χ2v) is 2.93. The van der Waals surface area contributed by atoms with Crippen molar-refractivity contribution in [1.29, 1.82) is 0 Å². The van der Waals surface area contributed by atoms with Gasteiger partial charge in [0.15, 0.2) is 0 Å². The molecular weight excluding hydrogens is 142 g/mol. The van der Waals surface area contributed by atoms with Crippen LogP contribution < -0.4 is 5.32 Å². The molecule has 3 nitrogen and oxygen atoms in total. The monoisotopic (exact) mass is 159 g/mol. The first kappa shape index (κ1) is 10.4. The van der Waals surface area contributed by atoms with Crippen molar-refractivity contribution in [3.8, 4) is 0 Å². The Morgan fingerprint density at radius 2 is 2.00 bits per heavy atom. The van der Waals surface area contributed by atoms with Crippen molar-refractivity contribution in [2.24, 2.45) is 0 Å². The summed E-state index contributed by atoms with van der Waals surface area (Å²) in [7, 11) is 0.